The van der Waals surface area contributed by atoms with E-state index in [1.54, 1.807) is 0 Å². The van der Waals surface area contributed by atoms with Crippen molar-refractivity contribution in [2.75, 3.05) is 0 Å². The zero-order chi connectivity index (χ0) is 15.6. The van der Waals surface area contributed by atoms with E-state index in [-0.39, 0.29) is 4.47 Å². The summed E-state index contributed by atoms with van der Waals surface area (Å²) in [4.78, 5) is 12.2. The first kappa shape index (κ1) is 15.9. The van der Waals surface area contributed by atoms with Crippen LogP contribution in [0.5, 0.6) is 0 Å². The van der Waals surface area contributed by atoms with E-state index in [4.69, 9.17) is 0 Å². The van der Waals surface area contributed by atoms with Crippen LogP contribution < -0.4 is 5.32 Å². The highest BCUT2D eigenvalue weighted by Gasteiger charge is 2.37. The number of carbonyl (C=O) groups is 1. The van der Waals surface area contributed by atoms with Crippen molar-refractivity contribution in [3.05, 3.63) is 33.8 Å². The van der Waals surface area contributed by atoms with Crippen LogP contribution >= 0.6 is 15.9 Å². The van der Waals surface area contributed by atoms with E-state index in [2.05, 4.69) is 34.2 Å². The van der Waals surface area contributed by atoms with Crippen LogP contribution in [0.2, 0.25) is 0 Å². The number of nitrogens with one attached hydrogen (secondary N) is 1. The van der Waals surface area contributed by atoms with Gasteiger partial charge in [0.1, 0.15) is 22.7 Å². The molecule has 1 aromatic carbocycles. The minimum atomic E-state index is -1.03. The van der Waals surface area contributed by atoms with Gasteiger partial charge in [0, 0.05) is 4.47 Å². The molecule has 0 saturated heterocycles. The number of nitriles is 1. The van der Waals surface area contributed by atoms with Gasteiger partial charge in [-0.1, -0.05) is 22.9 Å². The first-order valence-electron chi connectivity index (χ1n) is 6.75. The fourth-order valence-electron chi connectivity index (χ4n) is 2.56. The maximum Gasteiger partial charge on any atom is 0.258 e. The molecule has 3 nitrogen and oxygen atoms in total. The molecule has 1 amide bonds. The summed E-state index contributed by atoms with van der Waals surface area (Å²) in [5, 5.41) is 11.9. The van der Waals surface area contributed by atoms with E-state index in [0.717, 1.165) is 25.0 Å². The summed E-state index contributed by atoms with van der Waals surface area (Å²) in [5.74, 6) is -2.29. The quantitative estimate of drug-likeness (QED) is 0.872. The van der Waals surface area contributed by atoms with Crippen LogP contribution in [-0.4, -0.2) is 11.4 Å². The predicted molar refractivity (Wildman–Crippen MR) is 77.5 cm³/mol. The zero-order valence-electron chi connectivity index (χ0n) is 11.5. The van der Waals surface area contributed by atoms with Crippen LogP contribution in [0.3, 0.4) is 0 Å². The number of halogens is 3. The Balaban J connectivity index is 2.24. The summed E-state index contributed by atoms with van der Waals surface area (Å²) in [6, 6.07) is 4.16. The molecule has 0 radical (unpaired) electrons. The third-order valence-corrected chi connectivity index (χ3v) is 4.39. The summed E-state index contributed by atoms with van der Waals surface area (Å²) in [6.45, 7) is 2.08. The third kappa shape index (κ3) is 3.41. The van der Waals surface area contributed by atoms with E-state index < -0.39 is 28.6 Å². The van der Waals surface area contributed by atoms with Crippen molar-refractivity contribution in [2.24, 2.45) is 5.92 Å². The summed E-state index contributed by atoms with van der Waals surface area (Å²) in [6.07, 6.45) is 2.60. The van der Waals surface area contributed by atoms with Gasteiger partial charge in [-0.2, -0.15) is 5.26 Å². The highest BCUT2D eigenvalue weighted by molar-refractivity contribution is 9.10. The molecule has 2 rings (SSSR count). The Bertz CT molecular complexity index is 581. The first-order chi connectivity index (χ1) is 9.87. The molecule has 0 atom stereocenters. The number of carbonyl (C=O) groups excluding carboxylic acids is 1. The SMILES string of the molecule is CC1CCC(C#N)(NC(=O)c2c(F)cc(Br)cc2F)CC1. The van der Waals surface area contributed by atoms with Crippen molar-refractivity contribution < 1.29 is 13.6 Å². The average molecular weight is 357 g/mol. The molecule has 0 spiro atoms. The van der Waals surface area contributed by atoms with Crippen LogP contribution in [0.1, 0.15) is 43.0 Å². The van der Waals surface area contributed by atoms with E-state index >= 15 is 0 Å². The summed E-state index contributed by atoms with van der Waals surface area (Å²) >= 11 is 2.96. The molecule has 0 unspecified atom stereocenters. The first-order valence-corrected chi connectivity index (χ1v) is 7.54. The fourth-order valence-corrected chi connectivity index (χ4v) is 2.96. The lowest BCUT2D eigenvalue weighted by Gasteiger charge is -2.34. The Morgan fingerprint density at radius 1 is 1.38 bits per heavy atom. The molecular formula is C15H15BrF2N2O. The molecule has 1 aliphatic carbocycles. The predicted octanol–water partition coefficient (Wildman–Crippen LogP) is 3.93. The van der Waals surface area contributed by atoms with Gasteiger partial charge < -0.3 is 5.32 Å². The molecule has 1 N–H and O–H groups in total. The lowest BCUT2D eigenvalue weighted by Crippen LogP contribution is -2.49. The van der Waals surface area contributed by atoms with Gasteiger partial charge in [-0.15, -0.1) is 0 Å². The molecule has 0 heterocycles. The Morgan fingerprint density at radius 2 is 1.90 bits per heavy atom. The van der Waals surface area contributed by atoms with Gasteiger partial charge in [-0.3, -0.25) is 4.79 Å². The van der Waals surface area contributed by atoms with Crippen molar-refractivity contribution in [2.45, 2.75) is 38.1 Å². The largest absolute Gasteiger partial charge is 0.334 e. The van der Waals surface area contributed by atoms with Crippen molar-refractivity contribution in [1.82, 2.24) is 5.32 Å². The van der Waals surface area contributed by atoms with E-state index in [1.165, 1.54) is 0 Å². The van der Waals surface area contributed by atoms with E-state index in [9.17, 15) is 18.8 Å². The van der Waals surface area contributed by atoms with E-state index in [0.29, 0.717) is 18.8 Å². The average Bonchev–Trinajstić information content (AvgIpc) is 2.40. The minimum Gasteiger partial charge on any atom is -0.334 e. The topological polar surface area (TPSA) is 52.9 Å². The van der Waals surface area contributed by atoms with Crippen molar-refractivity contribution in [3.8, 4) is 6.07 Å². The van der Waals surface area contributed by atoms with Crippen LogP contribution in [0.4, 0.5) is 8.78 Å². The Kier molecular flexibility index (Phi) is 4.62. The van der Waals surface area contributed by atoms with Gasteiger partial charge in [0.2, 0.25) is 0 Å². The van der Waals surface area contributed by atoms with Crippen LogP contribution in [0, 0.1) is 28.9 Å². The number of amides is 1. The Morgan fingerprint density at radius 3 is 2.38 bits per heavy atom. The number of nitrogens with zero attached hydrogens (tertiary/aromatic N) is 1. The molecule has 1 saturated carbocycles. The van der Waals surface area contributed by atoms with Gasteiger partial charge in [-0.05, 0) is 43.7 Å². The van der Waals surface area contributed by atoms with Crippen LogP contribution in [0.25, 0.3) is 0 Å². The van der Waals surface area contributed by atoms with Gasteiger partial charge in [0.15, 0.2) is 0 Å². The van der Waals surface area contributed by atoms with Gasteiger partial charge >= 0.3 is 0 Å². The normalized spacial score (nSPS) is 25.2. The van der Waals surface area contributed by atoms with E-state index in [1.807, 2.05) is 0 Å². The monoisotopic (exact) mass is 356 g/mol. The lowest BCUT2D eigenvalue weighted by atomic mass is 9.78. The van der Waals surface area contributed by atoms with Crippen LogP contribution in [-0.2, 0) is 0 Å². The van der Waals surface area contributed by atoms with Gasteiger partial charge in [-0.25, -0.2) is 8.78 Å². The van der Waals surface area contributed by atoms with Crippen molar-refractivity contribution in [3.63, 3.8) is 0 Å². The Hall–Kier alpha value is -1.48. The second kappa shape index (κ2) is 6.10. The number of benzene rings is 1. The molecule has 6 heteroatoms. The Labute approximate surface area is 130 Å². The molecule has 0 aromatic heterocycles. The molecule has 1 aliphatic rings. The van der Waals surface area contributed by atoms with Gasteiger partial charge in [0.25, 0.3) is 5.91 Å². The second-order valence-corrected chi connectivity index (χ2v) is 6.49. The summed E-state index contributed by atoms with van der Waals surface area (Å²) in [5.41, 5.74) is -1.68. The standard InChI is InChI=1S/C15H15BrF2N2O/c1-9-2-4-15(8-19,5-3-9)20-14(21)13-11(17)6-10(16)7-12(13)18/h6-7,9H,2-5H2,1H3,(H,20,21). The molecule has 1 fully saturated rings. The minimum absolute atomic E-state index is 0.218. The summed E-state index contributed by atoms with van der Waals surface area (Å²) < 4.78 is 27.8. The highest BCUT2D eigenvalue weighted by Crippen LogP contribution is 2.32. The molecular weight excluding hydrogens is 342 g/mol. The molecule has 0 bridgehead atoms. The molecule has 1 aromatic rings. The smallest absolute Gasteiger partial charge is 0.258 e. The molecule has 0 aliphatic heterocycles. The number of hydrogen-bond donors (Lipinski definition) is 1. The molecule has 112 valence electrons. The fraction of sp³-hybridized carbons (Fsp3) is 0.467. The van der Waals surface area contributed by atoms with Crippen LogP contribution in [0.15, 0.2) is 16.6 Å². The third-order valence-electron chi connectivity index (χ3n) is 3.93. The maximum atomic E-state index is 13.8. The highest BCUT2D eigenvalue weighted by atomic mass is 79.9. The van der Waals surface area contributed by atoms with Crippen molar-refractivity contribution >= 4 is 21.8 Å². The van der Waals surface area contributed by atoms with Crippen molar-refractivity contribution in [1.29, 1.82) is 5.26 Å². The number of rotatable bonds is 2. The summed E-state index contributed by atoms with van der Waals surface area (Å²) in [7, 11) is 0. The van der Waals surface area contributed by atoms with Gasteiger partial charge in [0.05, 0.1) is 6.07 Å². The zero-order valence-corrected chi connectivity index (χ0v) is 13.1. The number of hydrogen-bond acceptors (Lipinski definition) is 2. The second-order valence-electron chi connectivity index (χ2n) is 5.57. The molecule has 21 heavy (non-hydrogen) atoms. The lowest BCUT2D eigenvalue weighted by molar-refractivity contribution is 0.0885. The maximum absolute atomic E-state index is 13.8.